The van der Waals surface area contributed by atoms with Crippen LogP contribution in [0.2, 0.25) is 5.02 Å². The fraction of sp³-hybridized carbons (Fsp3) is 0.438. The van der Waals surface area contributed by atoms with E-state index in [-0.39, 0.29) is 29.5 Å². The molecule has 0 amide bonds. The summed E-state index contributed by atoms with van der Waals surface area (Å²) >= 11 is 5.88. The highest BCUT2D eigenvalue weighted by Crippen LogP contribution is 2.18. The molecule has 1 aromatic carbocycles. The molecule has 0 fully saturated rings. The zero-order chi connectivity index (χ0) is 16.9. The molecule has 2 rings (SSSR count). The molecule has 0 atom stereocenters. The Morgan fingerprint density at radius 3 is 2.50 bits per heavy atom. The third-order valence-electron chi connectivity index (χ3n) is 2.78. The predicted octanol–water partition coefficient (Wildman–Crippen LogP) is 3.86. The molecule has 0 saturated heterocycles. The maximum absolute atomic E-state index is 5.88. The van der Waals surface area contributed by atoms with Crippen molar-refractivity contribution in [1.29, 1.82) is 0 Å². The van der Waals surface area contributed by atoms with E-state index in [9.17, 15) is 0 Å². The van der Waals surface area contributed by atoms with Crippen LogP contribution in [0.3, 0.4) is 0 Å². The number of nitrogens with one attached hydrogen (secondary N) is 2. The Balaban J connectivity index is 0.00000288. The number of aliphatic imine (C=N–C) groups is 1. The van der Waals surface area contributed by atoms with Crippen LogP contribution < -0.4 is 10.6 Å². The van der Waals surface area contributed by atoms with Gasteiger partial charge in [-0.3, -0.25) is 0 Å². The molecule has 0 aliphatic heterocycles. The number of hydrogen-bond donors (Lipinski definition) is 2. The third kappa shape index (κ3) is 6.64. The number of nitrogens with zero attached hydrogens (tertiary/aromatic N) is 3. The van der Waals surface area contributed by atoms with Gasteiger partial charge >= 0.3 is 0 Å². The predicted molar refractivity (Wildman–Crippen MR) is 108 cm³/mol. The van der Waals surface area contributed by atoms with Crippen LogP contribution >= 0.6 is 35.6 Å². The van der Waals surface area contributed by atoms with E-state index >= 15 is 0 Å². The average Bonchev–Trinajstić information content (AvgIpc) is 2.93. The molecular formula is C16H23ClIN5O. The molecule has 24 heavy (non-hydrogen) atoms. The second-order valence-corrected chi connectivity index (χ2v) is 6.53. The monoisotopic (exact) mass is 463 g/mol. The number of halogens is 2. The summed E-state index contributed by atoms with van der Waals surface area (Å²) in [5.74, 6) is 1.70. The lowest BCUT2D eigenvalue weighted by Crippen LogP contribution is -2.47. The van der Waals surface area contributed by atoms with Crippen molar-refractivity contribution in [3.05, 3.63) is 35.2 Å². The van der Waals surface area contributed by atoms with Crippen molar-refractivity contribution in [3.63, 3.8) is 0 Å². The van der Waals surface area contributed by atoms with E-state index < -0.39 is 0 Å². The van der Waals surface area contributed by atoms with Crippen LogP contribution in [0.15, 0.2) is 33.8 Å². The lowest BCUT2D eigenvalue weighted by Gasteiger charge is -2.23. The van der Waals surface area contributed by atoms with E-state index in [1.165, 1.54) is 0 Å². The number of aromatic nitrogens is 2. The summed E-state index contributed by atoms with van der Waals surface area (Å²) in [5, 5.41) is 11.1. The average molecular weight is 464 g/mol. The Kier molecular flexibility index (Phi) is 7.95. The molecule has 0 spiro atoms. The number of guanidine groups is 1. The Bertz CT molecular complexity index is 664. The summed E-state index contributed by atoms with van der Waals surface area (Å²) < 4.78 is 5.25. The number of rotatable bonds is 4. The van der Waals surface area contributed by atoms with Gasteiger partial charge in [-0.05, 0) is 52.0 Å². The second-order valence-electron chi connectivity index (χ2n) is 6.09. The lowest BCUT2D eigenvalue weighted by atomic mass is 10.1. The highest BCUT2D eigenvalue weighted by Gasteiger charge is 2.13. The van der Waals surface area contributed by atoms with Crippen LogP contribution in [0.4, 0.5) is 0 Å². The van der Waals surface area contributed by atoms with Crippen molar-refractivity contribution < 1.29 is 4.52 Å². The summed E-state index contributed by atoms with van der Waals surface area (Å²) in [7, 11) is 0. The van der Waals surface area contributed by atoms with Gasteiger partial charge in [0, 0.05) is 22.7 Å². The van der Waals surface area contributed by atoms with Crippen molar-refractivity contribution in [3.8, 4) is 11.4 Å². The fourth-order valence-corrected chi connectivity index (χ4v) is 1.97. The summed E-state index contributed by atoms with van der Waals surface area (Å²) in [6, 6.07) is 7.29. The van der Waals surface area contributed by atoms with E-state index in [0.29, 0.717) is 29.2 Å². The molecule has 0 aliphatic rings. The van der Waals surface area contributed by atoms with Gasteiger partial charge in [0.25, 0.3) is 0 Å². The van der Waals surface area contributed by atoms with Crippen molar-refractivity contribution in [2.24, 2.45) is 4.99 Å². The molecule has 132 valence electrons. The minimum Gasteiger partial charge on any atom is -0.357 e. The van der Waals surface area contributed by atoms with Gasteiger partial charge in [-0.15, -0.1) is 24.0 Å². The van der Waals surface area contributed by atoms with E-state index in [1.54, 1.807) is 12.1 Å². The minimum absolute atomic E-state index is 0. The summed E-state index contributed by atoms with van der Waals surface area (Å²) in [4.78, 5) is 8.82. The van der Waals surface area contributed by atoms with Crippen LogP contribution in [0.5, 0.6) is 0 Å². The van der Waals surface area contributed by atoms with Gasteiger partial charge in [-0.2, -0.15) is 4.98 Å². The van der Waals surface area contributed by atoms with Crippen LogP contribution in [0.1, 0.15) is 33.6 Å². The van der Waals surface area contributed by atoms with Gasteiger partial charge < -0.3 is 15.2 Å². The van der Waals surface area contributed by atoms with E-state index in [4.69, 9.17) is 16.1 Å². The Morgan fingerprint density at radius 1 is 1.25 bits per heavy atom. The quantitative estimate of drug-likeness (QED) is 0.409. The fourth-order valence-electron chi connectivity index (χ4n) is 1.84. The highest BCUT2D eigenvalue weighted by atomic mass is 127. The first-order chi connectivity index (χ1) is 10.9. The SMILES string of the molecule is CCNC(=NCc1nc(-c2ccc(Cl)cc2)no1)NC(C)(C)C.I. The molecule has 6 nitrogen and oxygen atoms in total. The van der Waals surface area contributed by atoms with Gasteiger partial charge in [0.1, 0.15) is 6.54 Å². The van der Waals surface area contributed by atoms with Crippen molar-refractivity contribution in [2.45, 2.75) is 39.8 Å². The molecule has 2 N–H and O–H groups in total. The topological polar surface area (TPSA) is 75.3 Å². The Hall–Kier alpha value is -1.35. The van der Waals surface area contributed by atoms with Gasteiger partial charge in [-0.1, -0.05) is 16.8 Å². The zero-order valence-electron chi connectivity index (χ0n) is 14.3. The molecule has 2 aromatic rings. The summed E-state index contributed by atoms with van der Waals surface area (Å²) in [6.45, 7) is 9.33. The van der Waals surface area contributed by atoms with Gasteiger partial charge in [0.15, 0.2) is 5.96 Å². The Morgan fingerprint density at radius 2 is 1.92 bits per heavy atom. The maximum atomic E-state index is 5.88. The van der Waals surface area contributed by atoms with Crippen LogP contribution in [-0.4, -0.2) is 28.2 Å². The lowest BCUT2D eigenvalue weighted by molar-refractivity contribution is 0.380. The first-order valence-corrected chi connectivity index (χ1v) is 7.90. The smallest absolute Gasteiger partial charge is 0.248 e. The van der Waals surface area contributed by atoms with E-state index in [2.05, 4.69) is 46.5 Å². The second kappa shape index (κ2) is 9.22. The molecule has 0 unspecified atom stereocenters. The maximum Gasteiger partial charge on any atom is 0.248 e. The molecule has 0 aliphatic carbocycles. The number of benzene rings is 1. The van der Waals surface area contributed by atoms with Crippen LogP contribution in [0, 0.1) is 0 Å². The standard InChI is InChI=1S/C16H22ClN5O.HI/c1-5-18-15(21-16(2,3)4)19-10-13-20-14(22-23-13)11-6-8-12(17)9-7-11;/h6-9H,5,10H2,1-4H3,(H2,18,19,21);1H. The molecule has 1 heterocycles. The first-order valence-electron chi connectivity index (χ1n) is 7.52. The molecule has 0 radical (unpaired) electrons. The van der Waals surface area contributed by atoms with Crippen molar-refractivity contribution in [1.82, 2.24) is 20.8 Å². The Labute approximate surface area is 164 Å². The first kappa shape index (κ1) is 20.7. The molecule has 0 saturated carbocycles. The molecule has 1 aromatic heterocycles. The highest BCUT2D eigenvalue weighted by molar-refractivity contribution is 14.0. The zero-order valence-corrected chi connectivity index (χ0v) is 17.3. The molecular weight excluding hydrogens is 441 g/mol. The van der Waals surface area contributed by atoms with Crippen LogP contribution in [0.25, 0.3) is 11.4 Å². The molecule has 0 bridgehead atoms. The van der Waals surface area contributed by atoms with Crippen molar-refractivity contribution in [2.75, 3.05) is 6.54 Å². The van der Waals surface area contributed by atoms with Gasteiger partial charge in [-0.25, -0.2) is 4.99 Å². The summed E-state index contributed by atoms with van der Waals surface area (Å²) in [6.07, 6.45) is 0. The summed E-state index contributed by atoms with van der Waals surface area (Å²) in [5.41, 5.74) is 0.776. The van der Waals surface area contributed by atoms with Gasteiger partial charge in [0.05, 0.1) is 0 Å². The minimum atomic E-state index is -0.0791. The van der Waals surface area contributed by atoms with E-state index in [0.717, 1.165) is 12.1 Å². The number of hydrogen-bond acceptors (Lipinski definition) is 4. The van der Waals surface area contributed by atoms with Crippen LogP contribution in [-0.2, 0) is 6.54 Å². The third-order valence-corrected chi connectivity index (χ3v) is 3.03. The molecule has 8 heteroatoms. The largest absolute Gasteiger partial charge is 0.357 e. The van der Waals surface area contributed by atoms with Gasteiger partial charge in [0.2, 0.25) is 11.7 Å². The van der Waals surface area contributed by atoms with E-state index in [1.807, 2.05) is 19.1 Å². The normalized spacial score (nSPS) is 11.8. The van der Waals surface area contributed by atoms with Crippen molar-refractivity contribution >= 4 is 41.5 Å².